The predicted octanol–water partition coefficient (Wildman–Crippen LogP) is 2.91. The molecule has 0 amide bonds. The number of aromatic nitrogens is 1. The van der Waals surface area contributed by atoms with Gasteiger partial charge in [-0.1, -0.05) is 23.9 Å². The van der Waals surface area contributed by atoms with Crippen LogP contribution in [-0.2, 0) is 0 Å². The average molecular weight is 252 g/mol. The van der Waals surface area contributed by atoms with Gasteiger partial charge in [0.2, 0.25) is 0 Å². The number of oxazole rings is 1. The zero-order valence-corrected chi connectivity index (χ0v) is 10.2. The molecule has 3 nitrogen and oxygen atoms in total. The van der Waals surface area contributed by atoms with E-state index < -0.39 is 0 Å². The van der Waals surface area contributed by atoms with Crippen LogP contribution in [0.1, 0.15) is 16.5 Å². The molecule has 2 rings (SSSR count). The maximum atomic E-state index is 13.1. The molecule has 1 unspecified atom stereocenters. The lowest BCUT2D eigenvalue weighted by Gasteiger charge is -2.12. The van der Waals surface area contributed by atoms with E-state index in [4.69, 9.17) is 10.2 Å². The van der Waals surface area contributed by atoms with Crippen LogP contribution in [0.2, 0.25) is 0 Å². The molecule has 5 heteroatoms. The molecule has 0 aliphatic heterocycles. The SMILES string of the molecule is Cc1coc(SC(CN)c2cccc(F)c2)n1. The van der Waals surface area contributed by atoms with Crippen LogP contribution in [0.5, 0.6) is 0 Å². The van der Waals surface area contributed by atoms with Gasteiger partial charge in [0.05, 0.1) is 10.9 Å². The molecule has 1 heterocycles. The summed E-state index contributed by atoms with van der Waals surface area (Å²) in [6, 6.07) is 6.43. The molecule has 0 radical (unpaired) electrons. The van der Waals surface area contributed by atoms with Gasteiger partial charge in [-0.2, -0.15) is 0 Å². The summed E-state index contributed by atoms with van der Waals surface area (Å²) in [6.07, 6.45) is 1.58. The summed E-state index contributed by atoms with van der Waals surface area (Å²) in [5.41, 5.74) is 7.36. The van der Waals surface area contributed by atoms with Crippen molar-refractivity contribution in [1.82, 2.24) is 4.98 Å². The lowest BCUT2D eigenvalue weighted by Crippen LogP contribution is -2.09. The number of benzene rings is 1. The third kappa shape index (κ3) is 3.08. The van der Waals surface area contributed by atoms with Crippen LogP contribution < -0.4 is 5.73 Å². The van der Waals surface area contributed by atoms with Gasteiger partial charge < -0.3 is 10.2 Å². The maximum Gasteiger partial charge on any atom is 0.256 e. The average Bonchev–Trinajstić information content (AvgIpc) is 2.72. The molecule has 0 spiro atoms. The maximum absolute atomic E-state index is 13.1. The van der Waals surface area contributed by atoms with E-state index in [1.807, 2.05) is 13.0 Å². The minimum atomic E-state index is -0.259. The highest BCUT2D eigenvalue weighted by molar-refractivity contribution is 7.99. The molecule has 1 aromatic heterocycles. The topological polar surface area (TPSA) is 52.0 Å². The zero-order chi connectivity index (χ0) is 12.3. The van der Waals surface area contributed by atoms with Crippen molar-refractivity contribution in [3.8, 4) is 0 Å². The minimum Gasteiger partial charge on any atom is -0.440 e. The number of hydrogen-bond acceptors (Lipinski definition) is 4. The number of hydrogen-bond donors (Lipinski definition) is 1. The van der Waals surface area contributed by atoms with Gasteiger partial charge in [-0.15, -0.1) is 0 Å². The lowest BCUT2D eigenvalue weighted by atomic mass is 10.1. The molecule has 2 N–H and O–H groups in total. The Bertz CT molecular complexity index is 501. The van der Waals surface area contributed by atoms with E-state index in [0.717, 1.165) is 11.3 Å². The van der Waals surface area contributed by atoms with Gasteiger partial charge in [0.15, 0.2) is 0 Å². The van der Waals surface area contributed by atoms with Gasteiger partial charge in [0, 0.05) is 6.54 Å². The highest BCUT2D eigenvalue weighted by atomic mass is 32.2. The Morgan fingerprint density at radius 2 is 2.35 bits per heavy atom. The summed E-state index contributed by atoms with van der Waals surface area (Å²) in [6.45, 7) is 2.25. The Balaban J connectivity index is 2.16. The Morgan fingerprint density at radius 3 is 2.94 bits per heavy atom. The van der Waals surface area contributed by atoms with Gasteiger partial charge in [-0.25, -0.2) is 9.37 Å². The smallest absolute Gasteiger partial charge is 0.256 e. The summed E-state index contributed by atoms with van der Waals surface area (Å²) in [7, 11) is 0. The molecule has 0 saturated carbocycles. The third-order valence-corrected chi connectivity index (χ3v) is 3.41. The molecule has 17 heavy (non-hydrogen) atoms. The van der Waals surface area contributed by atoms with E-state index in [1.165, 1.54) is 23.9 Å². The van der Waals surface area contributed by atoms with Crippen molar-refractivity contribution in [3.05, 3.63) is 47.6 Å². The van der Waals surface area contributed by atoms with Crippen LogP contribution in [0.25, 0.3) is 0 Å². The van der Waals surface area contributed by atoms with Crippen molar-refractivity contribution in [2.24, 2.45) is 5.73 Å². The normalized spacial score (nSPS) is 12.6. The molecule has 1 atom stereocenters. The predicted molar refractivity (Wildman–Crippen MR) is 65.3 cm³/mol. The molecule has 0 aliphatic rings. The molecule has 2 aromatic rings. The largest absolute Gasteiger partial charge is 0.440 e. The Labute approximate surface area is 103 Å². The van der Waals surface area contributed by atoms with Crippen LogP contribution in [-0.4, -0.2) is 11.5 Å². The molecule has 0 saturated heterocycles. The van der Waals surface area contributed by atoms with E-state index in [1.54, 1.807) is 12.3 Å². The van der Waals surface area contributed by atoms with Gasteiger partial charge in [-0.3, -0.25) is 0 Å². The molecule has 0 aliphatic carbocycles. The third-order valence-electron chi connectivity index (χ3n) is 2.28. The first-order chi connectivity index (χ1) is 8.19. The minimum absolute atomic E-state index is 0.0521. The summed E-state index contributed by atoms with van der Waals surface area (Å²) in [4.78, 5) is 4.19. The van der Waals surface area contributed by atoms with Crippen LogP contribution in [0, 0.1) is 12.7 Å². The number of nitrogens with zero attached hydrogens (tertiary/aromatic N) is 1. The summed E-state index contributed by atoms with van der Waals surface area (Å²) < 4.78 is 18.4. The molecule has 90 valence electrons. The van der Waals surface area contributed by atoms with Gasteiger partial charge in [-0.05, 0) is 24.6 Å². The van der Waals surface area contributed by atoms with E-state index >= 15 is 0 Å². The van der Waals surface area contributed by atoms with Crippen molar-refractivity contribution in [3.63, 3.8) is 0 Å². The fraction of sp³-hybridized carbons (Fsp3) is 0.250. The monoisotopic (exact) mass is 252 g/mol. The van der Waals surface area contributed by atoms with Crippen LogP contribution in [0.4, 0.5) is 4.39 Å². The highest BCUT2D eigenvalue weighted by Gasteiger charge is 2.15. The molecule has 0 fully saturated rings. The highest BCUT2D eigenvalue weighted by Crippen LogP contribution is 2.33. The first-order valence-corrected chi connectivity index (χ1v) is 6.11. The second kappa shape index (κ2) is 5.33. The summed E-state index contributed by atoms with van der Waals surface area (Å²) in [5, 5.41) is 0.506. The van der Waals surface area contributed by atoms with E-state index in [9.17, 15) is 4.39 Å². The summed E-state index contributed by atoms with van der Waals surface area (Å²) in [5.74, 6) is -0.259. The van der Waals surface area contributed by atoms with E-state index in [-0.39, 0.29) is 11.1 Å². The first kappa shape index (κ1) is 12.1. The first-order valence-electron chi connectivity index (χ1n) is 5.23. The standard InChI is InChI=1S/C12H13FN2OS/c1-8-7-16-12(15-8)17-11(6-14)9-3-2-4-10(13)5-9/h2-5,7,11H,6,14H2,1H3. The number of aryl methyl sites for hydroxylation is 1. The van der Waals surface area contributed by atoms with Gasteiger partial charge >= 0.3 is 0 Å². The number of rotatable bonds is 4. The van der Waals surface area contributed by atoms with Crippen LogP contribution in [0.3, 0.4) is 0 Å². The van der Waals surface area contributed by atoms with Gasteiger partial charge in [0.1, 0.15) is 12.1 Å². The zero-order valence-electron chi connectivity index (χ0n) is 9.39. The van der Waals surface area contributed by atoms with Crippen molar-refractivity contribution in [2.75, 3.05) is 6.54 Å². The Hall–Kier alpha value is -1.33. The fourth-order valence-corrected chi connectivity index (χ4v) is 2.39. The van der Waals surface area contributed by atoms with Crippen LogP contribution in [0.15, 0.2) is 40.2 Å². The Morgan fingerprint density at radius 1 is 1.53 bits per heavy atom. The van der Waals surface area contributed by atoms with Crippen molar-refractivity contribution in [1.29, 1.82) is 0 Å². The molecule has 1 aromatic carbocycles. The van der Waals surface area contributed by atoms with Crippen molar-refractivity contribution < 1.29 is 8.81 Å². The second-order valence-electron chi connectivity index (χ2n) is 3.65. The van der Waals surface area contributed by atoms with Crippen molar-refractivity contribution >= 4 is 11.8 Å². The number of thioether (sulfide) groups is 1. The second-order valence-corrected chi connectivity index (χ2v) is 4.81. The van der Waals surface area contributed by atoms with Gasteiger partial charge in [0.25, 0.3) is 5.22 Å². The Kier molecular flexibility index (Phi) is 3.81. The van der Waals surface area contributed by atoms with E-state index in [2.05, 4.69) is 4.98 Å². The number of nitrogens with two attached hydrogens (primary N) is 1. The van der Waals surface area contributed by atoms with Crippen molar-refractivity contribution in [2.45, 2.75) is 17.4 Å². The summed E-state index contributed by atoms with van der Waals surface area (Å²) >= 11 is 1.40. The quantitative estimate of drug-likeness (QED) is 0.850. The van der Waals surface area contributed by atoms with Crippen LogP contribution >= 0.6 is 11.8 Å². The number of halogens is 1. The molecular weight excluding hydrogens is 239 g/mol. The van der Waals surface area contributed by atoms with E-state index in [0.29, 0.717) is 11.8 Å². The molecule has 0 bridgehead atoms. The lowest BCUT2D eigenvalue weighted by molar-refractivity contribution is 0.453. The fourth-order valence-electron chi connectivity index (χ4n) is 1.47. The molecular formula is C12H13FN2OS.